The number of ether oxygens (including phenoxy) is 1. The highest BCUT2D eigenvalue weighted by Crippen LogP contribution is 2.33. The van der Waals surface area contributed by atoms with Crippen LogP contribution in [0.15, 0.2) is 12.1 Å². The number of rotatable bonds is 2. The molecule has 1 aliphatic heterocycles. The normalized spacial score (nSPS) is 24.8. The molecule has 0 spiro atoms. The van der Waals surface area contributed by atoms with Gasteiger partial charge >= 0.3 is 0 Å². The molecule has 1 saturated heterocycles. The first-order valence-electron chi connectivity index (χ1n) is 5.53. The summed E-state index contributed by atoms with van der Waals surface area (Å²) in [4.78, 5) is 0. The Labute approximate surface area is 91.6 Å². The van der Waals surface area contributed by atoms with Gasteiger partial charge in [-0.05, 0) is 49.9 Å². The van der Waals surface area contributed by atoms with Crippen molar-refractivity contribution < 1.29 is 4.74 Å². The van der Waals surface area contributed by atoms with E-state index in [4.69, 9.17) is 4.74 Å². The fraction of sp³-hybridized carbons (Fsp3) is 0.538. The molecule has 1 aromatic carbocycles. The summed E-state index contributed by atoms with van der Waals surface area (Å²) in [5.74, 6) is 0.989. The lowest BCUT2D eigenvalue weighted by Crippen LogP contribution is -2.44. The van der Waals surface area contributed by atoms with Crippen LogP contribution in [0.3, 0.4) is 0 Å². The highest BCUT2D eigenvalue weighted by atomic mass is 16.5. The van der Waals surface area contributed by atoms with Crippen LogP contribution in [-0.4, -0.2) is 13.2 Å². The molecular formula is C13H19NO. The maximum atomic E-state index is 5.31. The maximum Gasteiger partial charge on any atom is 0.122 e. The van der Waals surface area contributed by atoms with Crippen molar-refractivity contribution in [2.75, 3.05) is 7.11 Å². The van der Waals surface area contributed by atoms with E-state index in [1.54, 1.807) is 7.11 Å². The van der Waals surface area contributed by atoms with Gasteiger partial charge in [-0.1, -0.05) is 6.07 Å². The fourth-order valence-corrected chi connectivity index (χ4v) is 2.30. The molecule has 0 aromatic heterocycles. The van der Waals surface area contributed by atoms with Gasteiger partial charge in [0.2, 0.25) is 0 Å². The molecule has 1 N–H and O–H groups in total. The van der Waals surface area contributed by atoms with E-state index in [-0.39, 0.29) is 0 Å². The van der Waals surface area contributed by atoms with Gasteiger partial charge in [-0.15, -0.1) is 0 Å². The van der Waals surface area contributed by atoms with E-state index >= 15 is 0 Å². The molecule has 0 bridgehead atoms. The standard InChI is InChI=1S/C13H19NO/c1-8-7-12(14-8)11-5-6-13(15-4)10(3)9(11)2/h5-6,8,12,14H,7H2,1-4H3. The van der Waals surface area contributed by atoms with Crippen LogP contribution in [0.2, 0.25) is 0 Å². The Hall–Kier alpha value is -1.02. The van der Waals surface area contributed by atoms with E-state index in [1.165, 1.54) is 23.1 Å². The smallest absolute Gasteiger partial charge is 0.122 e. The first-order chi connectivity index (χ1) is 7.13. The minimum atomic E-state index is 0.546. The fourth-order valence-electron chi connectivity index (χ4n) is 2.30. The summed E-state index contributed by atoms with van der Waals surface area (Å²) in [6, 6.07) is 5.47. The molecule has 2 heteroatoms. The molecular weight excluding hydrogens is 186 g/mol. The van der Waals surface area contributed by atoms with Crippen molar-refractivity contribution in [2.24, 2.45) is 0 Å². The van der Waals surface area contributed by atoms with Crippen molar-refractivity contribution in [3.05, 3.63) is 28.8 Å². The molecule has 0 saturated carbocycles. The van der Waals surface area contributed by atoms with Gasteiger partial charge in [0, 0.05) is 12.1 Å². The highest BCUT2D eigenvalue weighted by Gasteiger charge is 2.27. The molecule has 2 rings (SSSR count). The second kappa shape index (κ2) is 3.86. The molecule has 1 fully saturated rings. The molecule has 0 radical (unpaired) electrons. The van der Waals surface area contributed by atoms with Gasteiger partial charge in [0.15, 0.2) is 0 Å². The summed E-state index contributed by atoms with van der Waals surface area (Å²) in [6.45, 7) is 6.53. The molecule has 2 atom stereocenters. The van der Waals surface area contributed by atoms with Crippen molar-refractivity contribution in [2.45, 2.75) is 39.3 Å². The van der Waals surface area contributed by atoms with E-state index in [9.17, 15) is 0 Å². The van der Waals surface area contributed by atoms with Gasteiger partial charge in [0.25, 0.3) is 0 Å². The summed E-state index contributed by atoms with van der Waals surface area (Å²) < 4.78 is 5.31. The zero-order valence-corrected chi connectivity index (χ0v) is 9.92. The van der Waals surface area contributed by atoms with Crippen LogP contribution in [0.4, 0.5) is 0 Å². The van der Waals surface area contributed by atoms with Gasteiger partial charge in [-0.25, -0.2) is 0 Å². The van der Waals surface area contributed by atoms with Crippen LogP contribution in [0, 0.1) is 13.8 Å². The largest absolute Gasteiger partial charge is 0.496 e. The van der Waals surface area contributed by atoms with Gasteiger partial charge < -0.3 is 10.1 Å². The SMILES string of the molecule is COc1ccc(C2CC(C)N2)c(C)c1C. The lowest BCUT2D eigenvalue weighted by Gasteiger charge is -2.36. The Morgan fingerprint density at radius 3 is 2.47 bits per heavy atom. The molecule has 1 aliphatic rings. The molecule has 82 valence electrons. The van der Waals surface area contributed by atoms with Crippen molar-refractivity contribution in [1.82, 2.24) is 5.32 Å². The van der Waals surface area contributed by atoms with Crippen LogP contribution in [-0.2, 0) is 0 Å². The molecule has 1 aromatic rings. The van der Waals surface area contributed by atoms with Crippen molar-refractivity contribution in [3.8, 4) is 5.75 Å². The van der Waals surface area contributed by atoms with E-state index < -0.39 is 0 Å². The summed E-state index contributed by atoms with van der Waals surface area (Å²) in [7, 11) is 1.73. The summed E-state index contributed by atoms with van der Waals surface area (Å²) >= 11 is 0. The quantitative estimate of drug-likeness (QED) is 0.801. The minimum absolute atomic E-state index is 0.546. The van der Waals surface area contributed by atoms with Gasteiger partial charge in [0.1, 0.15) is 5.75 Å². The number of methoxy groups -OCH3 is 1. The van der Waals surface area contributed by atoms with Gasteiger partial charge in [-0.2, -0.15) is 0 Å². The van der Waals surface area contributed by atoms with Crippen molar-refractivity contribution >= 4 is 0 Å². The predicted octanol–water partition coefficient (Wildman–Crippen LogP) is 2.73. The van der Waals surface area contributed by atoms with Gasteiger partial charge in [-0.3, -0.25) is 0 Å². The number of hydrogen-bond donors (Lipinski definition) is 1. The molecule has 15 heavy (non-hydrogen) atoms. The van der Waals surface area contributed by atoms with Crippen LogP contribution < -0.4 is 10.1 Å². The first kappa shape index (κ1) is 10.5. The first-order valence-corrected chi connectivity index (χ1v) is 5.53. The number of benzene rings is 1. The highest BCUT2D eigenvalue weighted by molar-refractivity contribution is 5.45. The molecule has 2 nitrogen and oxygen atoms in total. The number of nitrogens with one attached hydrogen (secondary N) is 1. The zero-order chi connectivity index (χ0) is 11.0. The molecule has 0 amide bonds. The monoisotopic (exact) mass is 205 g/mol. The third kappa shape index (κ3) is 1.74. The Bertz CT molecular complexity index is 367. The van der Waals surface area contributed by atoms with Gasteiger partial charge in [0.05, 0.1) is 7.11 Å². The van der Waals surface area contributed by atoms with Crippen LogP contribution in [0.1, 0.15) is 36.1 Å². The Balaban J connectivity index is 2.30. The number of hydrogen-bond acceptors (Lipinski definition) is 2. The Morgan fingerprint density at radius 2 is 1.93 bits per heavy atom. The molecule has 0 aliphatic carbocycles. The molecule has 2 unspecified atom stereocenters. The average Bonchev–Trinajstić information content (AvgIpc) is 2.18. The van der Waals surface area contributed by atoms with E-state index in [0.717, 1.165) is 5.75 Å². The predicted molar refractivity (Wildman–Crippen MR) is 62.4 cm³/mol. The molecule has 1 heterocycles. The topological polar surface area (TPSA) is 21.3 Å². The zero-order valence-electron chi connectivity index (χ0n) is 9.92. The van der Waals surface area contributed by atoms with E-state index in [1.807, 2.05) is 0 Å². The minimum Gasteiger partial charge on any atom is -0.496 e. The van der Waals surface area contributed by atoms with Crippen LogP contribution >= 0.6 is 0 Å². The Morgan fingerprint density at radius 1 is 1.27 bits per heavy atom. The van der Waals surface area contributed by atoms with Crippen molar-refractivity contribution in [1.29, 1.82) is 0 Å². The third-order valence-electron chi connectivity index (χ3n) is 3.45. The lowest BCUT2D eigenvalue weighted by atomic mass is 9.87. The lowest BCUT2D eigenvalue weighted by molar-refractivity contribution is 0.286. The van der Waals surface area contributed by atoms with Crippen molar-refractivity contribution in [3.63, 3.8) is 0 Å². The summed E-state index contributed by atoms with van der Waals surface area (Å²) in [5, 5.41) is 3.52. The average molecular weight is 205 g/mol. The second-order valence-corrected chi connectivity index (χ2v) is 4.46. The summed E-state index contributed by atoms with van der Waals surface area (Å²) in [5.41, 5.74) is 4.04. The van der Waals surface area contributed by atoms with Crippen LogP contribution in [0.5, 0.6) is 5.75 Å². The summed E-state index contributed by atoms with van der Waals surface area (Å²) in [6.07, 6.45) is 1.24. The van der Waals surface area contributed by atoms with E-state index in [2.05, 4.69) is 38.2 Å². The van der Waals surface area contributed by atoms with E-state index in [0.29, 0.717) is 12.1 Å². The van der Waals surface area contributed by atoms with Crippen LogP contribution in [0.25, 0.3) is 0 Å². The third-order valence-corrected chi connectivity index (χ3v) is 3.45. The Kier molecular flexibility index (Phi) is 2.70. The second-order valence-electron chi connectivity index (χ2n) is 4.46. The maximum absolute atomic E-state index is 5.31.